The van der Waals surface area contributed by atoms with E-state index in [1.165, 1.54) is 0 Å². The first kappa shape index (κ1) is 22.0. The van der Waals surface area contributed by atoms with E-state index in [-0.39, 0.29) is 5.91 Å². The number of anilines is 1. The smallest absolute Gasteiger partial charge is 0.340 e. The van der Waals surface area contributed by atoms with Gasteiger partial charge in [0.2, 0.25) is 0 Å². The van der Waals surface area contributed by atoms with Crippen LogP contribution >= 0.6 is 22.6 Å². The van der Waals surface area contributed by atoms with Crippen molar-refractivity contribution in [2.75, 3.05) is 5.32 Å². The molecule has 1 amide bonds. The molecule has 3 aromatic carbocycles. The van der Waals surface area contributed by atoms with E-state index < -0.39 is 11.6 Å². The van der Waals surface area contributed by atoms with Crippen molar-refractivity contribution in [3.63, 3.8) is 0 Å². The van der Waals surface area contributed by atoms with Gasteiger partial charge in [-0.25, -0.2) is 4.79 Å². The summed E-state index contributed by atoms with van der Waals surface area (Å²) in [5, 5.41) is 2.92. The lowest BCUT2D eigenvalue weighted by molar-refractivity contribution is 0.00708. The molecule has 0 aliphatic heterocycles. The summed E-state index contributed by atoms with van der Waals surface area (Å²) in [5.74, 6) is -0.740. The van der Waals surface area contributed by atoms with Crippen molar-refractivity contribution >= 4 is 40.2 Å². The van der Waals surface area contributed by atoms with Gasteiger partial charge in [-0.2, -0.15) is 0 Å². The van der Waals surface area contributed by atoms with Crippen molar-refractivity contribution in [2.24, 2.45) is 0 Å². The van der Waals surface area contributed by atoms with Crippen LogP contribution in [0, 0.1) is 10.5 Å². The maximum atomic E-state index is 13.0. The topological polar surface area (TPSA) is 55.4 Å². The van der Waals surface area contributed by atoms with Crippen LogP contribution in [0.25, 0.3) is 11.1 Å². The third-order valence-electron chi connectivity index (χ3n) is 4.43. The van der Waals surface area contributed by atoms with E-state index in [4.69, 9.17) is 4.74 Å². The number of ether oxygens (including phenoxy) is 1. The van der Waals surface area contributed by atoms with Crippen molar-refractivity contribution in [1.82, 2.24) is 0 Å². The Kier molecular flexibility index (Phi) is 6.61. The summed E-state index contributed by atoms with van der Waals surface area (Å²) in [4.78, 5) is 25.8. The van der Waals surface area contributed by atoms with Crippen molar-refractivity contribution in [3.05, 3.63) is 87.0 Å². The number of hydrogen-bond donors (Lipinski definition) is 1. The Morgan fingerprint density at radius 2 is 1.53 bits per heavy atom. The van der Waals surface area contributed by atoms with Crippen LogP contribution in [0.4, 0.5) is 5.69 Å². The molecular formula is C25H24INO3. The van der Waals surface area contributed by atoms with Crippen LogP contribution in [0.2, 0.25) is 0 Å². The van der Waals surface area contributed by atoms with E-state index in [0.29, 0.717) is 16.8 Å². The number of carbonyl (C=O) groups is 2. The monoisotopic (exact) mass is 513 g/mol. The molecule has 0 saturated carbocycles. The standard InChI is InChI=1S/C25H24INO3/c1-16-14-19(26)11-13-20(16)23(28)27-22-15-18(17-8-6-5-7-9-17)10-12-21(22)24(29)30-25(2,3)4/h5-15H,1-4H3,(H,27,28). The SMILES string of the molecule is Cc1cc(I)ccc1C(=O)Nc1cc(-c2ccccc2)ccc1C(=O)OC(C)(C)C. The van der Waals surface area contributed by atoms with E-state index in [9.17, 15) is 9.59 Å². The minimum absolute atomic E-state index is 0.265. The summed E-state index contributed by atoms with van der Waals surface area (Å²) in [5.41, 5.74) is 3.44. The molecule has 0 saturated heterocycles. The summed E-state index contributed by atoms with van der Waals surface area (Å²) in [6.45, 7) is 7.34. The zero-order valence-corrected chi connectivity index (χ0v) is 19.6. The molecule has 3 rings (SSSR count). The fraction of sp³-hybridized carbons (Fsp3) is 0.200. The number of carbonyl (C=O) groups excluding carboxylic acids is 2. The number of nitrogens with one attached hydrogen (secondary N) is 1. The van der Waals surface area contributed by atoms with Gasteiger partial charge in [-0.05, 0) is 97.3 Å². The van der Waals surface area contributed by atoms with E-state index >= 15 is 0 Å². The third kappa shape index (κ3) is 5.48. The quantitative estimate of drug-likeness (QED) is 0.321. The highest BCUT2D eigenvalue weighted by Crippen LogP contribution is 2.28. The molecule has 0 aliphatic rings. The lowest BCUT2D eigenvalue weighted by Gasteiger charge is -2.21. The molecule has 4 nitrogen and oxygen atoms in total. The van der Waals surface area contributed by atoms with Crippen LogP contribution in [0.15, 0.2) is 66.7 Å². The Bertz CT molecular complexity index is 1090. The molecule has 5 heteroatoms. The summed E-state index contributed by atoms with van der Waals surface area (Å²) in [7, 11) is 0. The fourth-order valence-electron chi connectivity index (χ4n) is 3.04. The Morgan fingerprint density at radius 1 is 0.867 bits per heavy atom. The van der Waals surface area contributed by atoms with Crippen LogP contribution in [0.1, 0.15) is 47.1 Å². The number of halogens is 1. The number of esters is 1. The van der Waals surface area contributed by atoms with Gasteiger partial charge in [-0.15, -0.1) is 0 Å². The molecule has 3 aromatic rings. The second-order valence-electron chi connectivity index (χ2n) is 8.04. The van der Waals surface area contributed by atoms with E-state index in [2.05, 4.69) is 27.9 Å². The van der Waals surface area contributed by atoms with Crippen molar-refractivity contribution < 1.29 is 14.3 Å². The zero-order valence-electron chi connectivity index (χ0n) is 17.5. The van der Waals surface area contributed by atoms with Gasteiger partial charge in [0.1, 0.15) is 5.60 Å². The minimum atomic E-state index is -0.636. The molecule has 0 aliphatic carbocycles. The summed E-state index contributed by atoms with van der Waals surface area (Å²) in [6, 6.07) is 20.8. The Morgan fingerprint density at radius 3 is 2.17 bits per heavy atom. The lowest BCUT2D eigenvalue weighted by atomic mass is 10.0. The summed E-state index contributed by atoms with van der Waals surface area (Å²) in [6.07, 6.45) is 0. The van der Waals surface area contributed by atoms with Crippen molar-refractivity contribution in [3.8, 4) is 11.1 Å². The molecule has 0 aromatic heterocycles. The average Bonchev–Trinajstić information content (AvgIpc) is 2.67. The molecule has 154 valence electrons. The van der Waals surface area contributed by atoms with Crippen molar-refractivity contribution in [2.45, 2.75) is 33.3 Å². The summed E-state index contributed by atoms with van der Waals surface area (Å²) >= 11 is 2.21. The molecule has 0 heterocycles. The number of rotatable bonds is 4. The summed E-state index contributed by atoms with van der Waals surface area (Å²) < 4.78 is 6.60. The van der Waals surface area contributed by atoms with Crippen molar-refractivity contribution in [1.29, 1.82) is 0 Å². The Hall–Kier alpha value is -2.67. The predicted molar refractivity (Wildman–Crippen MR) is 129 cm³/mol. The van der Waals surface area contributed by atoms with Gasteiger partial charge in [-0.1, -0.05) is 36.4 Å². The first-order chi connectivity index (χ1) is 14.1. The molecule has 30 heavy (non-hydrogen) atoms. The number of benzene rings is 3. The van der Waals surface area contributed by atoms with E-state index in [1.54, 1.807) is 12.1 Å². The maximum absolute atomic E-state index is 13.0. The zero-order chi connectivity index (χ0) is 21.9. The molecule has 0 bridgehead atoms. The number of hydrogen-bond acceptors (Lipinski definition) is 3. The normalized spacial score (nSPS) is 11.1. The van der Waals surface area contributed by atoms with Gasteiger partial charge in [0.25, 0.3) is 5.91 Å². The van der Waals surface area contributed by atoms with Crippen LogP contribution in [-0.2, 0) is 4.74 Å². The van der Waals surface area contributed by atoms with Gasteiger partial charge in [0.05, 0.1) is 11.3 Å². The fourth-order valence-corrected chi connectivity index (χ4v) is 3.69. The molecule has 0 atom stereocenters. The minimum Gasteiger partial charge on any atom is -0.456 e. The third-order valence-corrected chi connectivity index (χ3v) is 5.10. The van der Waals surface area contributed by atoms with Gasteiger partial charge >= 0.3 is 5.97 Å². The van der Waals surface area contributed by atoms with Crippen LogP contribution in [0.3, 0.4) is 0 Å². The largest absolute Gasteiger partial charge is 0.456 e. The second-order valence-corrected chi connectivity index (χ2v) is 9.29. The molecule has 0 unspecified atom stereocenters. The van der Waals surface area contributed by atoms with Gasteiger partial charge in [0.15, 0.2) is 0 Å². The Labute approximate surface area is 190 Å². The Balaban J connectivity index is 2.01. The second kappa shape index (κ2) is 9.00. The molecule has 0 fully saturated rings. The molecular weight excluding hydrogens is 489 g/mol. The first-order valence-electron chi connectivity index (χ1n) is 9.64. The predicted octanol–water partition coefficient (Wildman–Crippen LogP) is 6.47. The molecule has 0 spiro atoms. The molecule has 0 radical (unpaired) electrons. The van der Waals surface area contributed by atoms with Gasteiger partial charge in [-0.3, -0.25) is 4.79 Å². The van der Waals surface area contributed by atoms with Crippen LogP contribution in [-0.4, -0.2) is 17.5 Å². The highest BCUT2D eigenvalue weighted by Gasteiger charge is 2.22. The van der Waals surface area contributed by atoms with Gasteiger partial charge < -0.3 is 10.1 Å². The highest BCUT2D eigenvalue weighted by molar-refractivity contribution is 14.1. The number of amides is 1. The number of aryl methyl sites for hydroxylation is 1. The molecule has 1 N–H and O–H groups in total. The lowest BCUT2D eigenvalue weighted by Crippen LogP contribution is -2.25. The van der Waals surface area contributed by atoms with Crippen LogP contribution < -0.4 is 5.32 Å². The van der Waals surface area contributed by atoms with E-state index in [0.717, 1.165) is 20.3 Å². The highest BCUT2D eigenvalue weighted by atomic mass is 127. The first-order valence-corrected chi connectivity index (χ1v) is 10.7. The van der Waals surface area contributed by atoms with E-state index in [1.807, 2.05) is 82.3 Å². The maximum Gasteiger partial charge on any atom is 0.340 e. The van der Waals surface area contributed by atoms with Gasteiger partial charge in [0, 0.05) is 9.13 Å². The average molecular weight is 513 g/mol. The van der Waals surface area contributed by atoms with Crippen LogP contribution in [0.5, 0.6) is 0 Å².